The molecule has 158 valence electrons. The number of benzene rings is 1. The molecule has 0 heterocycles. The molecule has 0 bridgehead atoms. The molecule has 1 atom stereocenters. The highest BCUT2D eigenvalue weighted by Crippen LogP contribution is 2.16. The first-order valence-corrected chi connectivity index (χ1v) is 10.7. The van der Waals surface area contributed by atoms with E-state index in [-0.39, 0.29) is 7.33 Å². The molecule has 0 aromatic heterocycles. The smallest absolute Gasteiger partial charge is 0.238 e. The lowest BCUT2D eigenvalue weighted by molar-refractivity contribution is -0.115. The van der Waals surface area contributed by atoms with E-state index in [4.69, 9.17) is 0 Å². The Morgan fingerprint density at radius 1 is 1.25 bits per heavy atom. The molecule has 1 aromatic rings. The van der Waals surface area contributed by atoms with Crippen LogP contribution < -0.4 is 10.6 Å². The van der Waals surface area contributed by atoms with Crippen molar-refractivity contribution < 1.29 is 6.22 Å². The summed E-state index contributed by atoms with van der Waals surface area (Å²) in [5.74, 6) is 0.667. The van der Waals surface area contributed by atoms with Crippen molar-refractivity contribution in [3.05, 3.63) is 53.6 Å². The van der Waals surface area contributed by atoms with E-state index in [1.165, 1.54) is 5.57 Å². The van der Waals surface area contributed by atoms with Gasteiger partial charge in [0.25, 0.3) is 0 Å². The normalized spacial score (nSPS) is 15.6. The number of aryl methyl sites for hydroxylation is 1. The maximum absolute atomic E-state index is 12.1. The van der Waals surface area contributed by atoms with Crippen molar-refractivity contribution in [1.29, 1.82) is 0 Å². The number of carbonyl (C=O) groups is 1. The summed E-state index contributed by atoms with van der Waals surface area (Å²) in [7, 11) is 0. The number of hydrogen-bond acceptors (Lipinski definition) is 3. The number of nitrogens with zero attached hydrogens (tertiary/aromatic N) is 1. The number of allylic oxidation sites excluding steroid dienone is 2. The van der Waals surface area contributed by atoms with Crippen molar-refractivity contribution in [3.8, 4) is 0 Å². The fourth-order valence-electron chi connectivity index (χ4n) is 3.08. The second-order valence-corrected chi connectivity index (χ2v) is 7.17. The van der Waals surface area contributed by atoms with E-state index < -0.39 is 0 Å². The zero-order chi connectivity index (χ0) is 20.8. The summed E-state index contributed by atoms with van der Waals surface area (Å²) >= 11 is 0. The Labute approximate surface area is 173 Å². The zero-order valence-electron chi connectivity index (χ0n) is 18.4. The first kappa shape index (κ1) is 24.1. The molecule has 4 heteroatoms. The van der Waals surface area contributed by atoms with Gasteiger partial charge in [-0.05, 0) is 49.4 Å². The first-order valence-electron chi connectivity index (χ1n) is 10.7. The molecule has 0 saturated carbocycles. The van der Waals surface area contributed by atoms with Crippen LogP contribution in [-0.2, 0) is 4.79 Å². The summed E-state index contributed by atoms with van der Waals surface area (Å²) in [4.78, 5) is 14.5. The van der Waals surface area contributed by atoms with Crippen LogP contribution in [0.15, 0.2) is 48.1 Å². The van der Waals surface area contributed by atoms with Gasteiger partial charge in [-0.25, -0.2) is 0 Å². The minimum absolute atomic E-state index is 0. The fourth-order valence-corrected chi connectivity index (χ4v) is 3.08. The highest BCUT2D eigenvalue weighted by atomic mass is 16.1. The van der Waals surface area contributed by atoms with Crippen LogP contribution in [0.1, 0.15) is 47.5 Å². The molecule has 1 aliphatic carbocycles. The van der Waals surface area contributed by atoms with Crippen molar-refractivity contribution in [2.75, 3.05) is 38.0 Å². The van der Waals surface area contributed by atoms with Crippen LogP contribution in [0, 0.1) is 12.8 Å². The van der Waals surface area contributed by atoms with Crippen LogP contribution in [0.25, 0.3) is 0 Å². The number of amides is 1. The molecule has 1 aromatic carbocycles. The minimum Gasteiger partial charge on any atom is -0.325 e. The van der Waals surface area contributed by atoms with E-state index in [9.17, 15) is 4.79 Å². The molecule has 1 amide bonds. The average molecular weight is 388 g/mol. The molecule has 28 heavy (non-hydrogen) atoms. The molecule has 0 saturated heterocycles. The molecule has 2 rings (SSSR count). The van der Waals surface area contributed by atoms with Gasteiger partial charge in [0.05, 0.1) is 6.54 Å². The molecule has 1 aliphatic rings. The Bertz CT molecular complexity index is 643. The van der Waals surface area contributed by atoms with Crippen molar-refractivity contribution in [3.63, 3.8) is 0 Å². The van der Waals surface area contributed by atoms with Gasteiger partial charge in [-0.1, -0.05) is 64.1 Å². The highest BCUT2D eigenvalue weighted by molar-refractivity contribution is 5.92. The number of anilines is 1. The number of carbonyl (C=O) groups excluding carboxylic acids is 1. The standard InChI is InChI=1S/C22H33N3O.C2H6.H2/c1-4-14-25(17-20-11-9-18(2)10-12-20)15-13-23-16-22(26)24-21-8-6-5-7-19(21)3;1-2;/h5-9,11-12,18,23H,4,10,13-17H2,1-3H3,(H,24,26);1-2H3;1H/t18-;;/m0../s1. The van der Waals surface area contributed by atoms with E-state index >= 15 is 0 Å². The summed E-state index contributed by atoms with van der Waals surface area (Å²) in [6.07, 6.45) is 9.20. The van der Waals surface area contributed by atoms with E-state index in [1.54, 1.807) is 0 Å². The Kier molecular flexibility index (Phi) is 12.2. The zero-order valence-corrected chi connectivity index (χ0v) is 18.4. The van der Waals surface area contributed by atoms with Gasteiger partial charge in [0.15, 0.2) is 0 Å². The fraction of sp³-hybridized carbons (Fsp3) is 0.542. The monoisotopic (exact) mass is 387 g/mol. The lowest BCUT2D eigenvalue weighted by Gasteiger charge is -2.24. The van der Waals surface area contributed by atoms with Crippen molar-refractivity contribution in [2.24, 2.45) is 5.92 Å². The van der Waals surface area contributed by atoms with Crippen molar-refractivity contribution in [2.45, 2.75) is 47.5 Å². The maximum atomic E-state index is 12.1. The van der Waals surface area contributed by atoms with E-state index in [0.29, 0.717) is 12.5 Å². The van der Waals surface area contributed by atoms with Gasteiger partial charge in [0, 0.05) is 26.7 Å². The summed E-state index contributed by atoms with van der Waals surface area (Å²) in [6, 6.07) is 7.85. The predicted octanol–water partition coefficient (Wildman–Crippen LogP) is 5.03. The number of hydrogen-bond donors (Lipinski definition) is 2. The minimum atomic E-state index is 0. The maximum Gasteiger partial charge on any atom is 0.238 e. The lowest BCUT2D eigenvalue weighted by atomic mass is 9.98. The van der Waals surface area contributed by atoms with Crippen LogP contribution >= 0.6 is 0 Å². The Balaban J connectivity index is 0.00000253. The SMILES string of the molecule is CC.CCCN(CCNCC(=O)Nc1ccccc1C)CC1=CC[C@@H](C)C=C1.[HH]. The summed E-state index contributed by atoms with van der Waals surface area (Å²) < 4.78 is 0. The molecule has 0 spiro atoms. The van der Waals surface area contributed by atoms with Gasteiger partial charge in [0.1, 0.15) is 0 Å². The molecule has 0 unspecified atom stereocenters. The predicted molar refractivity (Wildman–Crippen MR) is 124 cm³/mol. The molecular weight excluding hydrogens is 346 g/mol. The first-order chi connectivity index (χ1) is 13.6. The quantitative estimate of drug-likeness (QED) is 0.554. The second-order valence-electron chi connectivity index (χ2n) is 7.17. The Morgan fingerprint density at radius 2 is 2.00 bits per heavy atom. The molecule has 4 nitrogen and oxygen atoms in total. The lowest BCUT2D eigenvalue weighted by Crippen LogP contribution is -2.37. The number of rotatable bonds is 10. The van der Waals surface area contributed by atoms with Crippen LogP contribution in [0.5, 0.6) is 0 Å². The summed E-state index contributed by atoms with van der Waals surface area (Å²) in [5, 5.41) is 6.23. The van der Waals surface area contributed by atoms with Crippen molar-refractivity contribution >= 4 is 11.6 Å². The number of para-hydroxylation sites is 1. The topological polar surface area (TPSA) is 44.4 Å². The van der Waals surface area contributed by atoms with E-state index in [2.05, 4.69) is 47.6 Å². The third kappa shape index (κ3) is 9.34. The Morgan fingerprint density at radius 3 is 2.64 bits per heavy atom. The van der Waals surface area contributed by atoms with E-state index in [0.717, 1.165) is 50.3 Å². The summed E-state index contributed by atoms with van der Waals surface area (Å²) in [5.41, 5.74) is 3.38. The van der Waals surface area contributed by atoms with Crippen LogP contribution in [0.2, 0.25) is 0 Å². The van der Waals surface area contributed by atoms with Crippen molar-refractivity contribution in [1.82, 2.24) is 10.2 Å². The van der Waals surface area contributed by atoms with E-state index in [1.807, 2.05) is 45.0 Å². The van der Waals surface area contributed by atoms with Gasteiger partial charge < -0.3 is 10.6 Å². The molecule has 0 aliphatic heterocycles. The van der Waals surface area contributed by atoms with Gasteiger partial charge in [-0.15, -0.1) is 0 Å². The highest BCUT2D eigenvalue weighted by Gasteiger charge is 2.09. The van der Waals surface area contributed by atoms with Gasteiger partial charge in [0.2, 0.25) is 5.91 Å². The third-order valence-corrected chi connectivity index (χ3v) is 4.65. The average Bonchev–Trinajstić information content (AvgIpc) is 2.70. The summed E-state index contributed by atoms with van der Waals surface area (Å²) in [6.45, 7) is 14.6. The molecule has 0 fully saturated rings. The van der Waals surface area contributed by atoms with Gasteiger partial charge in [-0.3, -0.25) is 9.69 Å². The molecule has 0 radical (unpaired) electrons. The largest absolute Gasteiger partial charge is 0.325 e. The molecular formula is C24H41N3O. The third-order valence-electron chi connectivity index (χ3n) is 4.65. The van der Waals surface area contributed by atoms with Gasteiger partial charge in [-0.2, -0.15) is 0 Å². The van der Waals surface area contributed by atoms with Crippen LogP contribution in [-0.4, -0.2) is 43.5 Å². The van der Waals surface area contributed by atoms with Gasteiger partial charge >= 0.3 is 0 Å². The number of nitrogens with one attached hydrogen (secondary N) is 2. The second kappa shape index (κ2) is 14.1. The van der Waals surface area contributed by atoms with Crippen LogP contribution in [0.3, 0.4) is 0 Å². The molecule has 2 N–H and O–H groups in total. The van der Waals surface area contributed by atoms with Crippen LogP contribution in [0.4, 0.5) is 5.69 Å². The Hall–Kier alpha value is -1.91.